The third-order valence-corrected chi connectivity index (χ3v) is 5.67. The molecule has 1 aromatic heterocycles. The maximum absolute atomic E-state index is 12.3. The van der Waals surface area contributed by atoms with E-state index in [4.69, 9.17) is 11.6 Å². The van der Waals surface area contributed by atoms with Gasteiger partial charge in [-0.1, -0.05) is 54.8 Å². The first-order chi connectivity index (χ1) is 14.2. The summed E-state index contributed by atoms with van der Waals surface area (Å²) in [5.74, 6) is -0.236. The van der Waals surface area contributed by atoms with E-state index in [-0.39, 0.29) is 5.91 Å². The third-order valence-electron chi connectivity index (χ3n) is 5.26. The zero-order valence-corrected chi connectivity index (χ0v) is 17.0. The summed E-state index contributed by atoms with van der Waals surface area (Å²) in [5.41, 5.74) is 3.55. The Kier molecular flexibility index (Phi) is 6.11. The molecule has 0 atom stereocenters. The van der Waals surface area contributed by atoms with E-state index in [2.05, 4.69) is 39.5 Å². The molecular formula is C24H24ClN3O. The van der Waals surface area contributed by atoms with Crippen LogP contribution in [0.25, 0.3) is 17.0 Å². The summed E-state index contributed by atoms with van der Waals surface area (Å²) in [4.78, 5) is 19.1. The molecule has 2 heterocycles. The molecule has 0 spiro atoms. The van der Waals surface area contributed by atoms with E-state index >= 15 is 0 Å². The summed E-state index contributed by atoms with van der Waals surface area (Å²) in [7, 11) is 0. The summed E-state index contributed by atoms with van der Waals surface area (Å²) in [6, 6.07) is 16.0. The molecule has 0 radical (unpaired) electrons. The van der Waals surface area contributed by atoms with Gasteiger partial charge in [0.15, 0.2) is 0 Å². The molecule has 0 aliphatic carbocycles. The maximum atomic E-state index is 12.3. The van der Waals surface area contributed by atoms with Crippen molar-refractivity contribution in [2.75, 3.05) is 23.3 Å². The van der Waals surface area contributed by atoms with Crippen molar-refractivity contribution in [1.29, 1.82) is 0 Å². The Labute approximate surface area is 176 Å². The van der Waals surface area contributed by atoms with E-state index < -0.39 is 0 Å². The SMILES string of the molecule is O=C(C=Cc1ccc(N2CCCCCC2)cc1)Nc1cnc2ccccc2c1Cl. The van der Waals surface area contributed by atoms with Crippen LogP contribution in [0.2, 0.25) is 5.02 Å². The molecular weight excluding hydrogens is 382 g/mol. The Morgan fingerprint density at radius 3 is 2.48 bits per heavy atom. The molecule has 1 aliphatic heterocycles. The highest BCUT2D eigenvalue weighted by Gasteiger charge is 2.10. The van der Waals surface area contributed by atoms with Crippen LogP contribution < -0.4 is 10.2 Å². The third kappa shape index (κ3) is 4.77. The number of carbonyl (C=O) groups excluding carboxylic acids is 1. The summed E-state index contributed by atoms with van der Waals surface area (Å²) >= 11 is 6.42. The molecule has 29 heavy (non-hydrogen) atoms. The summed E-state index contributed by atoms with van der Waals surface area (Å²) < 4.78 is 0. The van der Waals surface area contributed by atoms with E-state index in [1.54, 1.807) is 6.20 Å². The average molecular weight is 406 g/mol. The van der Waals surface area contributed by atoms with Gasteiger partial charge in [-0.15, -0.1) is 0 Å². The molecule has 1 aliphatic rings. The highest BCUT2D eigenvalue weighted by Crippen LogP contribution is 2.29. The lowest BCUT2D eigenvalue weighted by molar-refractivity contribution is -0.111. The van der Waals surface area contributed by atoms with Crippen LogP contribution in [0.4, 0.5) is 11.4 Å². The summed E-state index contributed by atoms with van der Waals surface area (Å²) in [5, 5.41) is 4.13. The number of fused-ring (bicyclic) bond motifs is 1. The van der Waals surface area contributed by atoms with Gasteiger partial charge in [-0.05, 0) is 42.7 Å². The lowest BCUT2D eigenvalue weighted by Gasteiger charge is -2.22. The number of aromatic nitrogens is 1. The van der Waals surface area contributed by atoms with E-state index in [1.807, 2.05) is 30.3 Å². The number of para-hydroxylation sites is 1. The monoisotopic (exact) mass is 405 g/mol. The number of nitrogens with zero attached hydrogens (tertiary/aromatic N) is 2. The van der Waals surface area contributed by atoms with Crippen molar-refractivity contribution in [3.63, 3.8) is 0 Å². The van der Waals surface area contributed by atoms with Crippen LogP contribution in [-0.4, -0.2) is 24.0 Å². The second-order valence-corrected chi connectivity index (χ2v) is 7.70. The molecule has 5 heteroatoms. The van der Waals surface area contributed by atoms with Crippen molar-refractivity contribution in [2.45, 2.75) is 25.7 Å². The van der Waals surface area contributed by atoms with Crippen molar-refractivity contribution >= 4 is 45.9 Å². The number of pyridine rings is 1. The highest BCUT2D eigenvalue weighted by atomic mass is 35.5. The number of benzene rings is 2. The highest BCUT2D eigenvalue weighted by molar-refractivity contribution is 6.38. The van der Waals surface area contributed by atoms with Gasteiger partial charge in [0.05, 0.1) is 22.4 Å². The Bertz CT molecular complexity index is 1020. The van der Waals surface area contributed by atoms with Crippen molar-refractivity contribution in [3.05, 3.63) is 71.4 Å². The minimum atomic E-state index is -0.236. The Morgan fingerprint density at radius 2 is 1.72 bits per heavy atom. The van der Waals surface area contributed by atoms with Crippen LogP contribution in [0.1, 0.15) is 31.2 Å². The topological polar surface area (TPSA) is 45.2 Å². The second kappa shape index (κ2) is 9.10. The van der Waals surface area contributed by atoms with Gasteiger partial charge in [0.25, 0.3) is 0 Å². The predicted octanol–water partition coefficient (Wildman–Crippen LogP) is 5.92. The first-order valence-corrected chi connectivity index (χ1v) is 10.5. The first-order valence-electron chi connectivity index (χ1n) is 10.1. The van der Waals surface area contributed by atoms with Crippen molar-refractivity contribution in [1.82, 2.24) is 4.98 Å². The molecule has 1 fully saturated rings. The molecule has 0 bridgehead atoms. The quantitative estimate of drug-likeness (QED) is 0.548. The number of carbonyl (C=O) groups is 1. The van der Waals surface area contributed by atoms with Crippen LogP contribution in [0.15, 0.2) is 60.8 Å². The van der Waals surface area contributed by atoms with E-state index in [0.29, 0.717) is 10.7 Å². The largest absolute Gasteiger partial charge is 0.372 e. The van der Waals surface area contributed by atoms with Crippen LogP contribution in [0, 0.1) is 0 Å². The number of hydrogen-bond acceptors (Lipinski definition) is 3. The van der Waals surface area contributed by atoms with Crippen LogP contribution in [-0.2, 0) is 4.79 Å². The average Bonchev–Trinajstić information content (AvgIpc) is 3.04. The van der Waals surface area contributed by atoms with Gasteiger partial charge in [0.2, 0.25) is 5.91 Å². The van der Waals surface area contributed by atoms with Crippen LogP contribution in [0.5, 0.6) is 0 Å². The zero-order chi connectivity index (χ0) is 20.1. The number of amides is 1. The minimum Gasteiger partial charge on any atom is -0.372 e. The summed E-state index contributed by atoms with van der Waals surface area (Å²) in [6.07, 6.45) is 10.1. The fraction of sp³-hybridized carbons (Fsp3) is 0.250. The fourth-order valence-electron chi connectivity index (χ4n) is 3.67. The molecule has 1 N–H and O–H groups in total. The van der Waals surface area contributed by atoms with Gasteiger partial charge in [-0.2, -0.15) is 0 Å². The Morgan fingerprint density at radius 1 is 1.00 bits per heavy atom. The molecule has 4 rings (SSSR count). The van der Waals surface area contributed by atoms with E-state index in [1.165, 1.54) is 37.4 Å². The molecule has 1 saturated heterocycles. The number of rotatable bonds is 4. The summed E-state index contributed by atoms with van der Waals surface area (Å²) in [6.45, 7) is 2.25. The van der Waals surface area contributed by atoms with Crippen molar-refractivity contribution in [2.24, 2.45) is 0 Å². The second-order valence-electron chi connectivity index (χ2n) is 7.32. The van der Waals surface area contributed by atoms with Crippen LogP contribution >= 0.6 is 11.6 Å². The van der Waals surface area contributed by atoms with Crippen LogP contribution in [0.3, 0.4) is 0 Å². The first kappa shape index (κ1) is 19.5. The number of anilines is 2. The Balaban J connectivity index is 1.41. The molecule has 2 aromatic carbocycles. The predicted molar refractivity (Wildman–Crippen MR) is 122 cm³/mol. The molecule has 0 saturated carbocycles. The van der Waals surface area contributed by atoms with Gasteiger partial charge in [0.1, 0.15) is 0 Å². The smallest absolute Gasteiger partial charge is 0.248 e. The van der Waals surface area contributed by atoms with Gasteiger partial charge in [-0.3, -0.25) is 9.78 Å². The lowest BCUT2D eigenvalue weighted by Crippen LogP contribution is -2.23. The number of hydrogen-bond donors (Lipinski definition) is 1. The van der Waals surface area contributed by atoms with Crippen molar-refractivity contribution in [3.8, 4) is 0 Å². The molecule has 0 unspecified atom stereocenters. The van der Waals surface area contributed by atoms with Gasteiger partial charge >= 0.3 is 0 Å². The molecule has 4 nitrogen and oxygen atoms in total. The van der Waals surface area contributed by atoms with Gasteiger partial charge in [-0.25, -0.2) is 0 Å². The van der Waals surface area contributed by atoms with E-state index in [0.717, 1.165) is 29.6 Å². The lowest BCUT2D eigenvalue weighted by atomic mass is 10.1. The van der Waals surface area contributed by atoms with Gasteiger partial charge in [0, 0.05) is 30.2 Å². The van der Waals surface area contributed by atoms with Crippen molar-refractivity contribution < 1.29 is 4.79 Å². The van der Waals surface area contributed by atoms with Gasteiger partial charge < -0.3 is 10.2 Å². The minimum absolute atomic E-state index is 0.236. The fourth-order valence-corrected chi connectivity index (χ4v) is 3.92. The number of halogens is 1. The number of nitrogens with one attached hydrogen (secondary N) is 1. The molecule has 1 amide bonds. The maximum Gasteiger partial charge on any atom is 0.248 e. The molecule has 3 aromatic rings. The molecule has 148 valence electrons. The zero-order valence-electron chi connectivity index (χ0n) is 16.3. The van der Waals surface area contributed by atoms with E-state index in [9.17, 15) is 4.79 Å². The standard InChI is InChI=1S/C24H24ClN3O/c25-24-20-7-3-4-8-21(20)26-17-22(24)27-23(29)14-11-18-9-12-19(13-10-18)28-15-5-1-2-6-16-28/h3-4,7-14,17H,1-2,5-6,15-16H2,(H,27,29). The normalized spacial score (nSPS) is 14.9. The Hall–Kier alpha value is -2.85.